The largest absolute Gasteiger partial charge is 0.375 e. The van der Waals surface area contributed by atoms with E-state index < -0.39 is 0 Å². The SMILES string of the molecule is C[C@H]1OCCN[C@@H]1C(=O)NCc1cccc(CN2CCCC2)c1. The molecule has 5 heteroatoms. The fraction of sp³-hybridized carbons (Fsp3) is 0.611. The molecular formula is C18H27N3O2. The van der Waals surface area contributed by atoms with Gasteiger partial charge in [-0.2, -0.15) is 0 Å². The number of morpholine rings is 1. The first-order valence-corrected chi connectivity index (χ1v) is 8.65. The van der Waals surface area contributed by atoms with Crippen LogP contribution < -0.4 is 10.6 Å². The quantitative estimate of drug-likeness (QED) is 0.859. The molecule has 2 heterocycles. The van der Waals surface area contributed by atoms with E-state index in [9.17, 15) is 4.79 Å². The lowest BCUT2D eigenvalue weighted by Gasteiger charge is -2.29. The summed E-state index contributed by atoms with van der Waals surface area (Å²) in [4.78, 5) is 14.8. The number of hydrogen-bond donors (Lipinski definition) is 2. The number of carbonyl (C=O) groups is 1. The molecule has 126 valence electrons. The van der Waals surface area contributed by atoms with E-state index >= 15 is 0 Å². The number of carbonyl (C=O) groups excluding carboxylic acids is 1. The van der Waals surface area contributed by atoms with Gasteiger partial charge in [-0.25, -0.2) is 0 Å². The third-order valence-electron chi connectivity index (χ3n) is 4.66. The van der Waals surface area contributed by atoms with Gasteiger partial charge in [0.15, 0.2) is 0 Å². The van der Waals surface area contributed by atoms with Crippen molar-refractivity contribution in [2.75, 3.05) is 26.2 Å². The van der Waals surface area contributed by atoms with Crippen LogP contribution in [-0.4, -0.2) is 49.2 Å². The van der Waals surface area contributed by atoms with Crippen LogP contribution in [0.25, 0.3) is 0 Å². The minimum atomic E-state index is -0.253. The van der Waals surface area contributed by atoms with Crippen LogP contribution in [0.3, 0.4) is 0 Å². The van der Waals surface area contributed by atoms with Gasteiger partial charge in [-0.3, -0.25) is 9.69 Å². The van der Waals surface area contributed by atoms with E-state index in [0.717, 1.165) is 18.7 Å². The number of amides is 1. The molecule has 0 radical (unpaired) electrons. The summed E-state index contributed by atoms with van der Waals surface area (Å²) >= 11 is 0. The molecule has 2 atom stereocenters. The van der Waals surface area contributed by atoms with Crippen LogP contribution in [0.4, 0.5) is 0 Å². The number of likely N-dealkylation sites (tertiary alicyclic amines) is 1. The highest BCUT2D eigenvalue weighted by Crippen LogP contribution is 2.14. The highest BCUT2D eigenvalue weighted by molar-refractivity contribution is 5.82. The number of nitrogens with one attached hydrogen (secondary N) is 2. The van der Waals surface area contributed by atoms with E-state index in [2.05, 4.69) is 39.8 Å². The molecule has 2 saturated heterocycles. The summed E-state index contributed by atoms with van der Waals surface area (Å²) in [5, 5.41) is 6.25. The van der Waals surface area contributed by atoms with Gasteiger partial charge >= 0.3 is 0 Å². The Morgan fingerprint density at radius 1 is 1.35 bits per heavy atom. The van der Waals surface area contributed by atoms with E-state index in [-0.39, 0.29) is 18.1 Å². The molecule has 0 aromatic heterocycles. The van der Waals surface area contributed by atoms with Crippen molar-refractivity contribution >= 4 is 5.91 Å². The number of hydrogen-bond acceptors (Lipinski definition) is 4. The van der Waals surface area contributed by atoms with Gasteiger partial charge in [0, 0.05) is 19.6 Å². The standard InChI is InChI=1S/C18H27N3O2/c1-14-17(19-7-10-23-14)18(22)20-12-15-5-4-6-16(11-15)13-21-8-2-3-9-21/h4-6,11,14,17,19H,2-3,7-10,12-13H2,1H3,(H,20,22)/t14-,17+/m1/s1. The summed E-state index contributed by atoms with van der Waals surface area (Å²) in [6.07, 6.45) is 2.54. The maximum Gasteiger partial charge on any atom is 0.240 e. The maximum atomic E-state index is 12.3. The van der Waals surface area contributed by atoms with Crippen molar-refractivity contribution in [3.63, 3.8) is 0 Å². The molecule has 0 bridgehead atoms. The van der Waals surface area contributed by atoms with Crippen LogP contribution in [0, 0.1) is 0 Å². The van der Waals surface area contributed by atoms with Crippen LogP contribution in [0.1, 0.15) is 30.9 Å². The van der Waals surface area contributed by atoms with Crippen molar-refractivity contribution in [1.29, 1.82) is 0 Å². The second kappa shape index (κ2) is 7.90. The second-order valence-electron chi connectivity index (χ2n) is 6.53. The number of benzene rings is 1. The minimum Gasteiger partial charge on any atom is -0.375 e. The molecule has 1 aromatic carbocycles. The maximum absolute atomic E-state index is 12.3. The molecule has 3 rings (SSSR count). The summed E-state index contributed by atoms with van der Waals surface area (Å²) in [7, 11) is 0. The zero-order valence-corrected chi connectivity index (χ0v) is 13.9. The number of nitrogens with zero attached hydrogens (tertiary/aromatic N) is 1. The Bertz CT molecular complexity index is 529. The predicted octanol–water partition coefficient (Wildman–Crippen LogP) is 1.28. The number of ether oxygens (including phenoxy) is 1. The molecule has 5 nitrogen and oxygen atoms in total. The minimum absolute atomic E-state index is 0.0159. The van der Waals surface area contributed by atoms with E-state index in [0.29, 0.717) is 13.2 Å². The van der Waals surface area contributed by atoms with Crippen molar-refractivity contribution < 1.29 is 9.53 Å². The van der Waals surface area contributed by atoms with Crippen LogP contribution in [0.2, 0.25) is 0 Å². The Morgan fingerprint density at radius 3 is 2.91 bits per heavy atom. The zero-order chi connectivity index (χ0) is 16.1. The van der Waals surface area contributed by atoms with Crippen LogP contribution in [-0.2, 0) is 22.6 Å². The number of rotatable bonds is 5. The Morgan fingerprint density at radius 2 is 2.13 bits per heavy atom. The smallest absolute Gasteiger partial charge is 0.240 e. The predicted molar refractivity (Wildman–Crippen MR) is 90.0 cm³/mol. The molecule has 1 aromatic rings. The van der Waals surface area contributed by atoms with Gasteiger partial charge < -0.3 is 15.4 Å². The molecule has 2 N–H and O–H groups in total. The average Bonchev–Trinajstić information content (AvgIpc) is 3.06. The lowest BCUT2D eigenvalue weighted by atomic mass is 10.1. The monoisotopic (exact) mass is 317 g/mol. The summed E-state index contributed by atoms with van der Waals surface area (Å²) < 4.78 is 5.53. The molecule has 2 aliphatic heterocycles. The van der Waals surface area contributed by atoms with Crippen molar-refractivity contribution in [3.8, 4) is 0 Å². The molecule has 0 spiro atoms. The molecule has 23 heavy (non-hydrogen) atoms. The van der Waals surface area contributed by atoms with E-state index in [1.165, 1.54) is 31.5 Å². The van der Waals surface area contributed by atoms with Gasteiger partial charge in [0.05, 0.1) is 12.7 Å². The van der Waals surface area contributed by atoms with Crippen molar-refractivity contribution in [1.82, 2.24) is 15.5 Å². The van der Waals surface area contributed by atoms with Gasteiger partial charge in [0.1, 0.15) is 6.04 Å². The third-order valence-corrected chi connectivity index (χ3v) is 4.66. The molecular weight excluding hydrogens is 290 g/mol. The van der Waals surface area contributed by atoms with Gasteiger partial charge in [0.2, 0.25) is 5.91 Å². The fourth-order valence-electron chi connectivity index (χ4n) is 3.36. The van der Waals surface area contributed by atoms with Gasteiger partial charge in [-0.05, 0) is 44.0 Å². The van der Waals surface area contributed by atoms with Crippen molar-refractivity contribution in [2.45, 2.75) is 45.0 Å². The second-order valence-corrected chi connectivity index (χ2v) is 6.53. The first kappa shape index (κ1) is 16.4. The van der Waals surface area contributed by atoms with Gasteiger partial charge in [0.25, 0.3) is 0 Å². The average molecular weight is 317 g/mol. The summed E-state index contributed by atoms with van der Waals surface area (Å²) in [5.41, 5.74) is 2.48. The van der Waals surface area contributed by atoms with Gasteiger partial charge in [-0.15, -0.1) is 0 Å². The Labute approximate surface area is 138 Å². The highest BCUT2D eigenvalue weighted by Gasteiger charge is 2.27. The van der Waals surface area contributed by atoms with Crippen LogP contribution in [0.5, 0.6) is 0 Å². The molecule has 2 fully saturated rings. The molecule has 0 aliphatic carbocycles. The lowest BCUT2D eigenvalue weighted by Crippen LogP contribution is -2.55. The third kappa shape index (κ3) is 4.53. The van der Waals surface area contributed by atoms with Crippen LogP contribution in [0.15, 0.2) is 24.3 Å². The molecule has 0 saturated carbocycles. The molecule has 1 amide bonds. The first-order chi connectivity index (χ1) is 11.2. The highest BCUT2D eigenvalue weighted by atomic mass is 16.5. The van der Waals surface area contributed by atoms with E-state index in [4.69, 9.17) is 4.74 Å². The summed E-state index contributed by atoms with van der Waals surface area (Å²) in [5.74, 6) is 0.0159. The van der Waals surface area contributed by atoms with Crippen LogP contribution >= 0.6 is 0 Å². The zero-order valence-electron chi connectivity index (χ0n) is 13.9. The molecule has 2 aliphatic rings. The fourth-order valence-corrected chi connectivity index (χ4v) is 3.36. The Hall–Kier alpha value is -1.43. The summed E-state index contributed by atoms with van der Waals surface area (Å²) in [6, 6.07) is 8.27. The normalized spacial score (nSPS) is 25.4. The van der Waals surface area contributed by atoms with E-state index in [1.807, 2.05) is 6.92 Å². The van der Waals surface area contributed by atoms with Crippen molar-refractivity contribution in [2.24, 2.45) is 0 Å². The van der Waals surface area contributed by atoms with E-state index in [1.54, 1.807) is 0 Å². The topological polar surface area (TPSA) is 53.6 Å². The lowest BCUT2D eigenvalue weighted by molar-refractivity contribution is -0.129. The Kier molecular flexibility index (Phi) is 5.65. The first-order valence-electron chi connectivity index (χ1n) is 8.65. The van der Waals surface area contributed by atoms with Crippen molar-refractivity contribution in [3.05, 3.63) is 35.4 Å². The van der Waals surface area contributed by atoms with Gasteiger partial charge in [-0.1, -0.05) is 24.3 Å². The Balaban J connectivity index is 1.52. The molecule has 0 unspecified atom stereocenters. The summed E-state index contributed by atoms with van der Waals surface area (Å²) in [6.45, 7) is 7.32.